The zero-order chi connectivity index (χ0) is 18.1. The molecule has 0 radical (unpaired) electrons. The number of thiazole rings is 1. The number of carbonyl (C=O) groups excluding carboxylic acids is 1. The van der Waals surface area contributed by atoms with Gasteiger partial charge in [0.1, 0.15) is 5.75 Å². The van der Waals surface area contributed by atoms with E-state index in [1.165, 1.54) is 4.70 Å². The average molecular weight is 387 g/mol. The Kier molecular flexibility index (Phi) is 4.83. The molecule has 2 heterocycles. The lowest BCUT2D eigenvalue weighted by atomic mass is 9.98. The predicted molar refractivity (Wildman–Crippen MR) is 106 cm³/mol. The molecule has 4 nitrogen and oxygen atoms in total. The van der Waals surface area contributed by atoms with Crippen LogP contribution in [0.2, 0.25) is 5.02 Å². The third-order valence-electron chi connectivity index (χ3n) is 4.76. The first-order valence-corrected chi connectivity index (χ1v) is 9.83. The van der Waals surface area contributed by atoms with Crippen molar-refractivity contribution in [2.24, 2.45) is 0 Å². The molecule has 0 unspecified atom stereocenters. The Balaban J connectivity index is 1.58. The Morgan fingerprint density at radius 2 is 2.15 bits per heavy atom. The van der Waals surface area contributed by atoms with Gasteiger partial charge in [-0.05, 0) is 43.2 Å². The van der Waals surface area contributed by atoms with Crippen LogP contribution in [-0.4, -0.2) is 36.0 Å². The van der Waals surface area contributed by atoms with Crippen molar-refractivity contribution in [2.75, 3.05) is 20.2 Å². The fourth-order valence-corrected chi connectivity index (χ4v) is 4.71. The molecule has 6 heteroatoms. The first kappa shape index (κ1) is 17.3. The van der Waals surface area contributed by atoms with E-state index in [2.05, 4.69) is 6.07 Å². The van der Waals surface area contributed by atoms with Crippen molar-refractivity contribution < 1.29 is 9.53 Å². The van der Waals surface area contributed by atoms with E-state index in [0.29, 0.717) is 22.9 Å². The Morgan fingerprint density at radius 3 is 2.96 bits per heavy atom. The maximum absolute atomic E-state index is 13.1. The van der Waals surface area contributed by atoms with Gasteiger partial charge in [-0.3, -0.25) is 4.79 Å². The molecule has 1 aliphatic rings. The number of ether oxygens (including phenoxy) is 1. The van der Waals surface area contributed by atoms with Gasteiger partial charge in [0.25, 0.3) is 5.91 Å². The Bertz CT molecular complexity index is 923. The molecule has 0 saturated carbocycles. The summed E-state index contributed by atoms with van der Waals surface area (Å²) in [6, 6.07) is 13.3. The summed E-state index contributed by atoms with van der Waals surface area (Å²) in [5, 5.41) is 1.65. The van der Waals surface area contributed by atoms with E-state index >= 15 is 0 Å². The topological polar surface area (TPSA) is 42.4 Å². The van der Waals surface area contributed by atoms with E-state index in [1.54, 1.807) is 36.6 Å². The highest BCUT2D eigenvalue weighted by Gasteiger charge is 2.29. The van der Waals surface area contributed by atoms with Crippen LogP contribution in [0.1, 0.15) is 34.1 Å². The number of benzene rings is 2. The van der Waals surface area contributed by atoms with E-state index in [9.17, 15) is 4.79 Å². The molecule has 0 bridgehead atoms. The molecule has 26 heavy (non-hydrogen) atoms. The van der Waals surface area contributed by atoms with Crippen molar-refractivity contribution >= 4 is 39.1 Å². The van der Waals surface area contributed by atoms with E-state index in [4.69, 9.17) is 21.3 Å². The summed E-state index contributed by atoms with van der Waals surface area (Å²) in [5.74, 6) is 0.798. The van der Waals surface area contributed by atoms with E-state index in [1.807, 2.05) is 23.1 Å². The highest BCUT2D eigenvalue weighted by atomic mass is 35.5. The van der Waals surface area contributed by atoms with Gasteiger partial charge < -0.3 is 9.64 Å². The fourth-order valence-electron chi connectivity index (χ4n) is 3.45. The van der Waals surface area contributed by atoms with Gasteiger partial charge in [-0.15, -0.1) is 11.3 Å². The summed E-state index contributed by atoms with van der Waals surface area (Å²) < 4.78 is 6.54. The number of hydrogen-bond acceptors (Lipinski definition) is 4. The van der Waals surface area contributed by atoms with Crippen LogP contribution in [0.4, 0.5) is 0 Å². The molecule has 0 N–H and O–H groups in total. The van der Waals surface area contributed by atoms with Gasteiger partial charge in [0.05, 0.1) is 27.9 Å². The van der Waals surface area contributed by atoms with Crippen LogP contribution < -0.4 is 4.74 Å². The number of likely N-dealkylation sites (tertiary alicyclic amines) is 1. The fraction of sp³-hybridized carbons (Fsp3) is 0.300. The number of halogens is 1. The maximum Gasteiger partial charge on any atom is 0.257 e. The van der Waals surface area contributed by atoms with Gasteiger partial charge in [-0.25, -0.2) is 4.98 Å². The SMILES string of the molecule is COc1ccc(Cl)cc1C(=O)N1CCC[C@@H](c2nc3ccccc3s2)C1. The van der Waals surface area contributed by atoms with Crippen LogP contribution in [0, 0.1) is 0 Å². The van der Waals surface area contributed by atoms with Gasteiger partial charge in [-0.2, -0.15) is 0 Å². The summed E-state index contributed by atoms with van der Waals surface area (Å²) in [6.45, 7) is 1.42. The summed E-state index contributed by atoms with van der Waals surface area (Å²) in [4.78, 5) is 19.7. The smallest absolute Gasteiger partial charge is 0.257 e. The average Bonchev–Trinajstić information content (AvgIpc) is 3.12. The molecule has 1 aliphatic heterocycles. The lowest BCUT2D eigenvalue weighted by Gasteiger charge is -2.32. The molecule has 2 aromatic carbocycles. The second kappa shape index (κ2) is 7.25. The van der Waals surface area contributed by atoms with Crippen LogP contribution >= 0.6 is 22.9 Å². The molecule has 0 spiro atoms. The Labute approximate surface area is 161 Å². The number of fused-ring (bicyclic) bond motifs is 1. The number of methoxy groups -OCH3 is 1. The molecule has 4 rings (SSSR count). The number of amides is 1. The van der Waals surface area contributed by atoms with Crippen LogP contribution in [-0.2, 0) is 0 Å². The Hall–Kier alpha value is -2.11. The van der Waals surface area contributed by atoms with E-state index < -0.39 is 0 Å². The minimum atomic E-state index is -0.0323. The highest BCUT2D eigenvalue weighted by molar-refractivity contribution is 7.18. The zero-order valence-corrected chi connectivity index (χ0v) is 16.0. The van der Waals surface area contributed by atoms with E-state index in [-0.39, 0.29) is 11.8 Å². The summed E-state index contributed by atoms with van der Waals surface area (Å²) in [6.07, 6.45) is 2.02. The van der Waals surface area contributed by atoms with Crippen LogP contribution in [0.3, 0.4) is 0 Å². The summed E-state index contributed by atoms with van der Waals surface area (Å²) in [5.41, 5.74) is 1.55. The van der Waals surface area contributed by atoms with E-state index in [0.717, 1.165) is 29.9 Å². The second-order valence-corrected chi connectivity index (χ2v) is 7.95. The largest absolute Gasteiger partial charge is 0.496 e. The first-order chi connectivity index (χ1) is 12.7. The molecule has 134 valence electrons. The standard InChI is InChI=1S/C20H19ClN2O2S/c1-25-17-9-8-14(21)11-15(17)20(24)23-10-4-5-13(12-23)19-22-16-6-2-3-7-18(16)26-19/h2-3,6-9,11,13H,4-5,10,12H2,1H3/t13-/m1/s1. The lowest BCUT2D eigenvalue weighted by Crippen LogP contribution is -2.39. The zero-order valence-electron chi connectivity index (χ0n) is 14.4. The maximum atomic E-state index is 13.1. The van der Waals surface area contributed by atoms with Gasteiger partial charge in [0.15, 0.2) is 0 Å². The number of nitrogens with zero attached hydrogens (tertiary/aromatic N) is 2. The monoisotopic (exact) mass is 386 g/mol. The molecule has 1 atom stereocenters. The normalized spacial score (nSPS) is 17.5. The molecular formula is C20H19ClN2O2S. The number of rotatable bonds is 3. The van der Waals surface area contributed by atoms with Crippen molar-refractivity contribution in [2.45, 2.75) is 18.8 Å². The number of hydrogen-bond donors (Lipinski definition) is 0. The van der Waals surface area contributed by atoms with Crippen LogP contribution in [0.5, 0.6) is 5.75 Å². The van der Waals surface area contributed by atoms with Gasteiger partial charge >= 0.3 is 0 Å². The molecular weight excluding hydrogens is 368 g/mol. The molecule has 3 aromatic rings. The van der Waals surface area contributed by atoms with Crippen molar-refractivity contribution in [3.05, 3.63) is 58.1 Å². The molecule has 1 aromatic heterocycles. The quantitative estimate of drug-likeness (QED) is 0.637. The summed E-state index contributed by atoms with van der Waals surface area (Å²) >= 11 is 7.82. The lowest BCUT2D eigenvalue weighted by molar-refractivity contribution is 0.0703. The number of para-hydroxylation sites is 1. The van der Waals surface area contributed by atoms with Crippen LogP contribution in [0.25, 0.3) is 10.2 Å². The molecule has 1 saturated heterocycles. The van der Waals surface area contributed by atoms with Gasteiger partial charge in [0.2, 0.25) is 0 Å². The van der Waals surface area contributed by atoms with Crippen molar-refractivity contribution in [1.82, 2.24) is 9.88 Å². The second-order valence-electron chi connectivity index (χ2n) is 6.45. The Morgan fingerprint density at radius 1 is 1.31 bits per heavy atom. The summed E-state index contributed by atoms with van der Waals surface area (Å²) in [7, 11) is 1.57. The predicted octanol–water partition coefficient (Wildman–Crippen LogP) is 4.98. The molecule has 1 fully saturated rings. The highest BCUT2D eigenvalue weighted by Crippen LogP contribution is 2.34. The molecule has 1 amide bonds. The minimum Gasteiger partial charge on any atom is -0.496 e. The van der Waals surface area contributed by atoms with Crippen molar-refractivity contribution in [3.63, 3.8) is 0 Å². The van der Waals surface area contributed by atoms with Crippen molar-refractivity contribution in [1.29, 1.82) is 0 Å². The number of piperidine rings is 1. The first-order valence-electron chi connectivity index (χ1n) is 8.64. The third-order valence-corrected chi connectivity index (χ3v) is 6.19. The van der Waals surface area contributed by atoms with Crippen molar-refractivity contribution in [3.8, 4) is 5.75 Å². The number of carbonyl (C=O) groups is 1. The van der Waals surface area contributed by atoms with Crippen LogP contribution in [0.15, 0.2) is 42.5 Å². The number of aromatic nitrogens is 1. The van der Waals surface area contributed by atoms with Gasteiger partial charge in [-0.1, -0.05) is 23.7 Å². The minimum absolute atomic E-state index is 0.0323. The third kappa shape index (κ3) is 3.29. The molecule has 0 aliphatic carbocycles. The van der Waals surface area contributed by atoms with Gasteiger partial charge in [0, 0.05) is 24.0 Å².